The number of fused-ring (bicyclic) bond motifs is 1. The number of anilines is 1. The van der Waals surface area contributed by atoms with Crippen LogP contribution < -0.4 is 15.0 Å². The van der Waals surface area contributed by atoms with E-state index in [0.717, 1.165) is 5.56 Å². The van der Waals surface area contributed by atoms with Crippen molar-refractivity contribution in [1.82, 2.24) is 15.1 Å². The van der Waals surface area contributed by atoms with E-state index in [9.17, 15) is 19.5 Å². The second kappa shape index (κ2) is 13.5. The third-order valence-electron chi connectivity index (χ3n) is 6.31. The van der Waals surface area contributed by atoms with Gasteiger partial charge in [-0.05, 0) is 50.6 Å². The smallest absolute Gasteiger partial charge is 0.318 e. The topological polar surface area (TPSA) is 123 Å². The van der Waals surface area contributed by atoms with Gasteiger partial charge < -0.3 is 35.0 Å². The number of amides is 4. The van der Waals surface area contributed by atoms with Crippen molar-refractivity contribution in [3.63, 3.8) is 0 Å². The van der Waals surface area contributed by atoms with Crippen molar-refractivity contribution in [2.45, 2.75) is 39.4 Å². The van der Waals surface area contributed by atoms with Crippen molar-refractivity contribution in [3.05, 3.63) is 58.6 Å². The molecule has 2 aromatic carbocycles. The molecule has 0 aliphatic carbocycles. The van der Waals surface area contributed by atoms with Gasteiger partial charge in [0.1, 0.15) is 12.4 Å². The summed E-state index contributed by atoms with van der Waals surface area (Å²) in [4.78, 5) is 44.2. The summed E-state index contributed by atoms with van der Waals surface area (Å²) in [6.07, 6.45) is 0. The van der Waals surface area contributed by atoms with Crippen LogP contribution in [0.1, 0.15) is 36.7 Å². The first kappa shape index (κ1) is 29.2. The first-order valence-electron chi connectivity index (χ1n) is 12.6. The lowest BCUT2D eigenvalue weighted by atomic mass is 10.1. The van der Waals surface area contributed by atoms with Crippen molar-refractivity contribution in [3.8, 4) is 5.75 Å². The Bertz CT molecular complexity index is 1140. The lowest BCUT2D eigenvalue weighted by molar-refractivity contribution is -0.132. The molecule has 206 valence electrons. The normalized spacial score (nSPS) is 15.1. The van der Waals surface area contributed by atoms with Crippen LogP contribution in [0.3, 0.4) is 0 Å². The van der Waals surface area contributed by atoms with Crippen LogP contribution in [-0.2, 0) is 11.3 Å². The number of nitrogens with one attached hydrogen (secondary N) is 1. The Kier molecular flexibility index (Phi) is 10.3. The average Bonchev–Trinajstić information content (AvgIpc) is 3.05. The lowest BCUT2D eigenvalue weighted by Crippen LogP contribution is -2.51. The van der Waals surface area contributed by atoms with E-state index in [2.05, 4.69) is 5.32 Å². The van der Waals surface area contributed by atoms with E-state index in [4.69, 9.17) is 21.4 Å². The van der Waals surface area contributed by atoms with Crippen LogP contribution in [0.15, 0.2) is 42.5 Å². The van der Waals surface area contributed by atoms with Crippen molar-refractivity contribution < 1.29 is 29.3 Å². The highest BCUT2D eigenvalue weighted by molar-refractivity contribution is 6.34. The highest BCUT2D eigenvalue weighted by atomic mass is 35.5. The van der Waals surface area contributed by atoms with Gasteiger partial charge in [-0.15, -0.1) is 0 Å². The Morgan fingerprint density at radius 3 is 2.55 bits per heavy atom. The number of para-hydroxylation sites is 1. The molecule has 38 heavy (non-hydrogen) atoms. The van der Waals surface area contributed by atoms with Crippen LogP contribution in [-0.4, -0.2) is 89.4 Å². The molecule has 11 heteroatoms. The summed E-state index contributed by atoms with van der Waals surface area (Å²) >= 11 is 6.43. The molecule has 0 spiro atoms. The predicted molar refractivity (Wildman–Crippen MR) is 144 cm³/mol. The zero-order valence-corrected chi connectivity index (χ0v) is 22.6. The summed E-state index contributed by atoms with van der Waals surface area (Å²) in [5, 5.41) is 21.1. The number of ether oxygens (including phenoxy) is 1. The van der Waals surface area contributed by atoms with Gasteiger partial charge in [0.15, 0.2) is 0 Å². The maximum atomic E-state index is 13.7. The number of aliphatic hydroxyl groups excluding tert-OH is 2. The number of nitrogens with zero attached hydrogens (tertiary/aromatic N) is 3. The summed E-state index contributed by atoms with van der Waals surface area (Å²) in [6.45, 7) is 5.77. The molecule has 10 nitrogen and oxygen atoms in total. The molecule has 1 atom stereocenters. The number of carbonyl (C=O) groups is 3. The van der Waals surface area contributed by atoms with Gasteiger partial charge in [0, 0.05) is 37.4 Å². The summed E-state index contributed by atoms with van der Waals surface area (Å²) in [6, 6.07) is 11.2. The molecule has 2 aromatic rings. The van der Waals surface area contributed by atoms with Gasteiger partial charge >= 0.3 is 6.03 Å². The van der Waals surface area contributed by atoms with E-state index in [1.807, 2.05) is 45.0 Å². The number of hydrogen-bond donors (Lipinski definition) is 3. The van der Waals surface area contributed by atoms with Gasteiger partial charge in [-0.1, -0.05) is 29.8 Å². The van der Waals surface area contributed by atoms with E-state index in [1.165, 1.54) is 11.0 Å². The van der Waals surface area contributed by atoms with Crippen molar-refractivity contribution in [2.24, 2.45) is 0 Å². The van der Waals surface area contributed by atoms with Crippen LogP contribution in [0.5, 0.6) is 5.75 Å². The zero-order valence-electron chi connectivity index (χ0n) is 21.9. The van der Waals surface area contributed by atoms with Crippen LogP contribution in [0.25, 0.3) is 0 Å². The number of urea groups is 1. The predicted octanol–water partition coefficient (Wildman–Crippen LogP) is 2.50. The fourth-order valence-electron chi connectivity index (χ4n) is 4.37. The number of rotatable bonds is 9. The third-order valence-corrected chi connectivity index (χ3v) is 6.63. The molecule has 0 aromatic heterocycles. The maximum Gasteiger partial charge on any atom is 0.318 e. The monoisotopic (exact) mass is 546 g/mol. The lowest BCUT2D eigenvalue weighted by Gasteiger charge is -2.30. The fourth-order valence-corrected chi connectivity index (χ4v) is 4.62. The standard InChI is InChI=1S/C27H35ClN4O6/c1-18(2)30(10-11-33)25(35)15-29-27(37)31-17-20-6-4-5-7-24(20)32(16-19(31)3)26(36)22-9-8-21(14-23(22)28)38-13-12-34/h4-9,14,18-19,33-34H,10-13,15-17H2,1-3H3,(H,29,37)/t19-/m1/s1. The van der Waals surface area contributed by atoms with Crippen LogP contribution in [0.2, 0.25) is 5.02 Å². The Hall–Kier alpha value is -3.34. The van der Waals surface area contributed by atoms with E-state index in [0.29, 0.717) is 11.4 Å². The van der Waals surface area contributed by atoms with Crippen LogP contribution in [0.4, 0.5) is 10.5 Å². The zero-order chi connectivity index (χ0) is 27.8. The average molecular weight is 547 g/mol. The molecule has 0 saturated carbocycles. The number of benzene rings is 2. The minimum absolute atomic E-state index is 0.112. The Morgan fingerprint density at radius 1 is 1.16 bits per heavy atom. The van der Waals surface area contributed by atoms with Crippen LogP contribution >= 0.6 is 11.6 Å². The molecule has 0 unspecified atom stereocenters. The van der Waals surface area contributed by atoms with Crippen molar-refractivity contribution in [1.29, 1.82) is 0 Å². The Labute approximate surface area is 227 Å². The van der Waals surface area contributed by atoms with Gasteiger partial charge in [-0.2, -0.15) is 0 Å². The molecule has 1 heterocycles. The number of halogens is 1. The molecule has 4 amide bonds. The summed E-state index contributed by atoms with van der Waals surface area (Å²) < 4.78 is 5.38. The van der Waals surface area contributed by atoms with E-state index < -0.39 is 6.03 Å². The highest BCUT2D eigenvalue weighted by Crippen LogP contribution is 2.31. The quantitative estimate of drug-likeness (QED) is 0.444. The first-order valence-corrected chi connectivity index (χ1v) is 12.9. The van der Waals surface area contributed by atoms with E-state index in [1.54, 1.807) is 21.9 Å². The second-order valence-corrected chi connectivity index (χ2v) is 9.71. The Morgan fingerprint density at radius 2 is 1.89 bits per heavy atom. The van der Waals surface area contributed by atoms with Crippen molar-refractivity contribution >= 4 is 35.1 Å². The molecule has 1 aliphatic heterocycles. The maximum absolute atomic E-state index is 13.7. The first-order chi connectivity index (χ1) is 18.2. The molecule has 3 N–H and O–H groups in total. The molecule has 0 radical (unpaired) electrons. The number of carbonyl (C=O) groups excluding carboxylic acids is 3. The molecule has 0 bridgehead atoms. The molecule has 0 saturated heterocycles. The van der Waals surface area contributed by atoms with E-state index in [-0.39, 0.29) is 80.5 Å². The molecular formula is C27H35ClN4O6. The fraction of sp³-hybridized carbons (Fsp3) is 0.444. The molecule has 0 fully saturated rings. The summed E-state index contributed by atoms with van der Waals surface area (Å²) in [7, 11) is 0. The second-order valence-electron chi connectivity index (χ2n) is 9.30. The van der Waals surface area contributed by atoms with Gasteiger partial charge in [0.05, 0.1) is 30.3 Å². The molecule has 1 aliphatic rings. The number of aliphatic hydroxyl groups is 2. The van der Waals surface area contributed by atoms with Gasteiger partial charge in [-0.3, -0.25) is 9.59 Å². The van der Waals surface area contributed by atoms with Gasteiger partial charge in [-0.25, -0.2) is 4.79 Å². The highest BCUT2D eigenvalue weighted by Gasteiger charge is 2.32. The summed E-state index contributed by atoms with van der Waals surface area (Å²) in [5.41, 5.74) is 1.72. The third kappa shape index (κ3) is 6.94. The number of hydrogen-bond acceptors (Lipinski definition) is 6. The minimum Gasteiger partial charge on any atom is -0.491 e. The molecule has 3 rings (SSSR count). The van der Waals surface area contributed by atoms with Crippen LogP contribution in [0, 0.1) is 0 Å². The minimum atomic E-state index is -0.425. The Balaban J connectivity index is 1.80. The largest absolute Gasteiger partial charge is 0.491 e. The molecular weight excluding hydrogens is 512 g/mol. The van der Waals surface area contributed by atoms with Gasteiger partial charge in [0.25, 0.3) is 5.91 Å². The van der Waals surface area contributed by atoms with Gasteiger partial charge in [0.2, 0.25) is 5.91 Å². The summed E-state index contributed by atoms with van der Waals surface area (Å²) in [5.74, 6) is -0.169. The van der Waals surface area contributed by atoms with E-state index >= 15 is 0 Å². The SMILES string of the molecule is CC(C)N(CCO)C(=O)CNC(=O)N1Cc2ccccc2N(C(=O)c2ccc(OCCO)cc2Cl)C[C@H]1C. The van der Waals surface area contributed by atoms with Crippen molar-refractivity contribution in [2.75, 3.05) is 44.4 Å².